The minimum absolute atomic E-state index is 0.0479. The zero-order valence-corrected chi connectivity index (χ0v) is 14.3. The molecule has 1 aromatic heterocycles. The van der Waals surface area contributed by atoms with Crippen molar-refractivity contribution in [1.29, 1.82) is 0 Å². The standard InChI is InChI=1S/C17H19ClN2O3/c1-9(16(21)13-5-7-14(18)8-6-13)10(2)19-17(22)15-11(3)20-23-12(15)4/h5-10H,1-4H3,(H,19,22). The zero-order chi connectivity index (χ0) is 17.1. The third-order valence-corrected chi connectivity index (χ3v) is 4.16. The number of halogens is 1. The van der Waals surface area contributed by atoms with Gasteiger partial charge in [0.25, 0.3) is 5.91 Å². The first-order valence-corrected chi connectivity index (χ1v) is 7.72. The van der Waals surface area contributed by atoms with Crippen LogP contribution in [0.2, 0.25) is 5.02 Å². The average molecular weight is 335 g/mol. The number of ketones is 1. The second-order valence-corrected chi connectivity index (χ2v) is 6.06. The highest BCUT2D eigenvalue weighted by Crippen LogP contribution is 2.17. The molecule has 2 atom stereocenters. The van der Waals surface area contributed by atoms with Crippen LogP contribution in [0.1, 0.15) is 46.0 Å². The van der Waals surface area contributed by atoms with Gasteiger partial charge in [-0.05, 0) is 45.0 Å². The van der Waals surface area contributed by atoms with E-state index in [4.69, 9.17) is 16.1 Å². The van der Waals surface area contributed by atoms with Crippen LogP contribution in [0.4, 0.5) is 0 Å². The minimum atomic E-state index is -0.374. The van der Waals surface area contributed by atoms with E-state index in [1.165, 1.54) is 0 Å². The second kappa shape index (κ2) is 6.96. The van der Waals surface area contributed by atoms with Crippen molar-refractivity contribution in [2.75, 3.05) is 0 Å². The lowest BCUT2D eigenvalue weighted by molar-refractivity contribution is 0.0868. The summed E-state index contributed by atoms with van der Waals surface area (Å²) in [5.41, 5.74) is 1.52. The van der Waals surface area contributed by atoms with Crippen molar-refractivity contribution in [2.24, 2.45) is 5.92 Å². The molecule has 122 valence electrons. The Morgan fingerprint density at radius 3 is 2.30 bits per heavy atom. The van der Waals surface area contributed by atoms with Crippen LogP contribution in [-0.4, -0.2) is 22.9 Å². The van der Waals surface area contributed by atoms with Crippen LogP contribution in [0, 0.1) is 19.8 Å². The SMILES string of the molecule is Cc1noc(C)c1C(=O)NC(C)C(C)C(=O)c1ccc(Cl)cc1. The average Bonchev–Trinajstić information content (AvgIpc) is 2.85. The van der Waals surface area contributed by atoms with E-state index in [1.807, 2.05) is 0 Å². The molecule has 0 bridgehead atoms. The molecule has 1 N–H and O–H groups in total. The summed E-state index contributed by atoms with van der Waals surface area (Å²) in [6.45, 7) is 6.98. The van der Waals surface area contributed by atoms with Crippen LogP contribution >= 0.6 is 11.6 Å². The van der Waals surface area contributed by atoms with Crippen LogP contribution in [0.5, 0.6) is 0 Å². The number of aromatic nitrogens is 1. The van der Waals surface area contributed by atoms with Crippen molar-refractivity contribution in [3.63, 3.8) is 0 Å². The van der Waals surface area contributed by atoms with Gasteiger partial charge in [0.2, 0.25) is 0 Å². The number of aryl methyl sites for hydroxylation is 2. The lowest BCUT2D eigenvalue weighted by atomic mass is 9.93. The van der Waals surface area contributed by atoms with Gasteiger partial charge in [-0.25, -0.2) is 0 Å². The van der Waals surface area contributed by atoms with E-state index in [-0.39, 0.29) is 23.7 Å². The molecular weight excluding hydrogens is 316 g/mol. The van der Waals surface area contributed by atoms with Gasteiger partial charge in [0.05, 0.1) is 5.69 Å². The summed E-state index contributed by atoms with van der Waals surface area (Å²) >= 11 is 5.83. The maximum atomic E-state index is 12.5. The first-order chi connectivity index (χ1) is 10.8. The first-order valence-electron chi connectivity index (χ1n) is 7.34. The molecule has 2 unspecified atom stereocenters. The monoisotopic (exact) mass is 334 g/mol. The Morgan fingerprint density at radius 1 is 1.17 bits per heavy atom. The Labute approximate surface area is 140 Å². The number of amides is 1. The van der Waals surface area contributed by atoms with Gasteiger partial charge in [0.1, 0.15) is 11.3 Å². The van der Waals surface area contributed by atoms with E-state index in [0.717, 1.165) is 0 Å². The molecule has 23 heavy (non-hydrogen) atoms. The number of carbonyl (C=O) groups is 2. The molecule has 5 nitrogen and oxygen atoms in total. The third-order valence-electron chi connectivity index (χ3n) is 3.91. The number of rotatable bonds is 5. The van der Waals surface area contributed by atoms with Gasteiger partial charge >= 0.3 is 0 Å². The van der Waals surface area contributed by atoms with E-state index in [1.54, 1.807) is 52.0 Å². The number of benzene rings is 1. The summed E-state index contributed by atoms with van der Waals surface area (Å²) in [5.74, 6) is -0.248. The second-order valence-electron chi connectivity index (χ2n) is 5.62. The number of nitrogens with one attached hydrogen (secondary N) is 1. The van der Waals surface area contributed by atoms with E-state index < -0.39 is 0 Å². The van der Waals surface area contributed by atoms with E-state index >= 15 is 0 Å². The van der Waals surface area contributed by atoms with E-state index in [0.29, 0.717) is 27.6 Å². The summed E-state index contributed by atoms with van der Waals surface area (Å²) in [6, 6.07) is 6.39. The Hall–Kier alpha value is -2.14. The van der Waals surface area contributed by atoms with Gasteiger partial charge in [-0.15, -0.1) is 0 Å². The van der Waals surface area contributed by atoms with Crippen LogP contribution in [0.3, 0.4) is 0 Å². The molecule has 1 amide bonds. The molecular formula is C17H19ClN2O3. The highest BCUT2D eigenvalue weighted by Gasteiger charge is 2.25. The lowest BCUT2D eigenvalue weighted by Gasteiger charge is -2.20. The minimum Gasteiger partial charge on any atom is -0.361 e. The van der Waals surface area contributed by atoms with Crippen molar-refractivity contribution in [3.05, 3.63) is 51.9 Å². The number of hydrogen-bond donors (Lipinski definition) is 1. The fraction of sp³-hybridized carbons (Fsp3) is 0.353. The van der Waals surface area contributed by atoms with E-state index in [9.17, 15) is 9.59 Å². The lowest BCUT2D eigenvalue weighted by Crippen LogP contribution is -2.40. The van der Waals surface area contributed by atoms with Crippen molar-refractivity contribution in [2.45, 2.75) is 33.7 Å². The molecule has 0 spiro atoms. The molecule has 1 heterocycles. The number of hydrogen-bond acceptors (Lipinski definition) is 4. The van der Waals surface area contributed by atoms with Crippen molar-refractivity contribution in [3.8, 4) is 0 Å². The third kappa shape index (κ3) is 3.79. The van der Waals surface area contributed by atoms with Crippen LogP contribution in [0.15, 0.2) is 28.8 Å². The van der Waals surface area contributed by atoms with Crippen molar-refractivity contribution < 1.29 is 14.1 Å². The summed E-state index contributed by atoms with van der Waals surface area (Å²) in [7, 11) is 0. The fourth-order valence-electron chi connectivity index (χ4n) is 2.32. The smallest absolute Gasteiger partial charge is 0.257 e. The van der Waals surface area contributed by atoms with Gasteiger partial charge in [0, 0.05) is 22.5 Å². The highest BCUT2D eigenvalue weighted by molar-refractivity contribution is 6.30. The first kappa shape index (κ1) is 17.2. The van der Waals surface area contributed by atoms with E-state index in [2.05, 4.69) is 10.5 Å². The fourth-order valence-corrected chi connectivity index (χ4v) is 2.44. The van der Waals surface area contributed by atoms with Gasteiger partial charge < -0.3 is 9.84 Å². The zero-order valence-electron chi connectivity index (χ0n) is 13.5. The number of carbonyl (C=O) groups excluding carboxylic acids is 2. The molecule has 0 aliphatic heterocycles. The molecule has 1 aromatic carbocycles. The maximum absolute atomic E-state index is 12.5. The largest absolute Gasteiger partial charge is 0.361 e. The predicted octanol–water partition coefficient (Wildman–Crippen LogP) is 3.58. The maximum Gasteiger partial charge on any atom is 0.257 e. The molecule has 0 aliphatic carbocycles. The summed E-state index contributed by atoms with van der Waals surface area (Å²) < 4.78 is 5.00. The Balaban J connectivity index is 2.07. The van der Waals surface area contributed by atoms with Gasteiger partial charge in [-0.2, -0.15) is 0 Å². The topological polar surface area (TPSA) is 72.2 Å². The summed E-state index contributed by atoms with van der Waals surface area (Å²) in [6.07, 6.45) is 0. The Bertz CT molecular complexity index is 702. The molecule has 0 saturated carbocycles. The molecule has 0 aliphatic rings. The van der Waals surface area contributed by atoms with Gasteiger partial charge in [-0.1, -0.05) is 23.7 Å². The number of Topliss-reactive ketones (excluding diaryl/α,β-unsaturated/α-hetero) is 1. The van der Waals surface area contributed by atoms with Crippen molar-refractivity contribution >= 4 is 23.3 Å². The number of nitrogens with zero attached hydrogens (tertiary/aromatic N) is 1. The molecule has 6 heteroatoms. The van der Waals surface area contributed by atoms with Crippen LogP contribution in [-0.2, 0) is 0 Å². The highest BCUT2D eigenvalue weighted by atomic mass is 35.5. The molecule has 0 saturated heterocycles. The predicted molar refractivity (Wildman–Crippen MR) is 87.9 cm³/mol. The normalized spacial score (nSPS) is 13.4. The van der Waals surface area contributed by atoms with Gasteiger partial charge in [0.15, 0.2) is 5.78 Å². The molecule has 0 fully saturated rings. The quantitative estimate of drug-likeness (QED) is 0.848. The molecule has 2 rings (SSSR count). The van der Waals surface area contributed by atoms with Crippen molar-refractivity contribution in [1.82, 2.24) is 10.5 Å². The Kier molecular flexibility index (Phi) is 5.21. The summed E-state index contributed by atoms with van der Waals surface area (Å²) in [5, 5.41) is 7.18. The Morgan fingerprint density at radius 2 is 1.78 bits per heavy atom. The molecule has 0 radical (unpaired) electrons. The van der Waals surface area contributed by atoms with Crippen LogP contribution in [0.25, 0.3) is 0 Å². The molecule has 2 aromatic rings. The summed E-state index contributed by atoms with van der Waals surface area (Å²) in [4.78, 5) is 24.8. The van der Waals surface area contributed by atoms with Crippen LogP contribution < -0.4 is 5.32 Å². The van der Waals surface area contributed by atoms with Gasteiger partial charge in [-0.3, -0.25) is 9.59 Å².